The van der Waals surface area contributed by atoms with Crippen molar-refractivity contribution in [2.45, 2.75) is 19.3 Å². The van der Waals surface area contributed by atoms with E-state index in [0.717, 1.165) is 5.56 Å². The number of benzene rings is 1. The standard InChI is InChI=1S/C13H18ClNO2/c1-13(2,12(17)15(3)8-9-16)10-4-6-11(14)7-5-10/h4-7,16H,8-9H2,1-3H3. The van der Waals surface area contributed by atoms with Crippen molar-refractivity contribution < 1.29 is 9.90 Å². The average molecular weight is 256 g/mol. The summed E-state index contributed by atoms with van der Waals surface area (Å²) in [6.45, 7) is 4.05. The summed E-state index contributed by atoms with van der Waals surface area (Å²) in [6.07, 6.45) is 0. The summed E-state index contributed by atoms with van der Waals surface area (Å²) in [5.74, 6) is -0.0196. The van der Waals surface area contributed by atoms with Crippen molar-refractivity contribution in [2.24, 2.45) is 0 Å². The number of nitrogens with zero attached hydrogens (tertiary/aromatic N) is 1. The Bertz CT molecular complexity index is 387. The van der Waals surface area contributed by atoms with Gasteiger partial charge in [-0.2, -0.15) is 0 Å². The first-order valence-electron chi connectivity index (χ1n) is 5.52. The van der Waals surface area contributed by atoms with E-state index < -0.39 is 5.41 Å². The molecular weight excluding hydrogens is 238 g/mol. The van der Waals surface area contributed by atoms with E-state index >= 15 is 0 Å². The normalized spacial score (nSPS) is 11.4. The van der Waals surface area contributed by atoms with E-state index in [1.807, 2.05) is 26.0 Å². The molecular formula is C13H18ClNO2. The fraction of sp³-hybridized carbons (Fsp3) is 0.462. The lowest BCUT2D eigenvalue weighted by Gasteiger charge is -2.29. The van der Waals surface area contributed by atoms with Crippen molar-refractivity contribution in [2.75, 3.05) is 20.2 Å². The maximum absolute atomic E-state index is 12.2. The molecule has 0 fully saturated rings. The van der Waals surface area contributed by atoms with Crippen LogP contribution in [0.2, 0.25) is 5.02 Å². The Morgan fingerprint density at radius 2 is 1.88 bits per heavy atom. The zero-order valence-corrected chi connectivity index (χ0v) is 11.2. The molecule has 3 nitrogen and oxygen atoms in total. The van der Waals surface area contributed by atoms with Gasteiger partial charge in [0.05, 0.1) is 12.0 Å². The molecule has 1 amide bonds. The summed E-state index contributed by atoms with van der Waals surface area (Å²) in [5, 5.41) is 9.50. The summed E-state index contributed by atoms with van der Waals surface area (Å²) in [7, 11) is 1.69. The maximum Gasteiger partial charge on any atom is 0.232 e. The molecule has 0 aromatic heterocycles. The number of likely N-dealkylation sites (N-methyl/N-ethyl adjacent to an activating group) is 1. The van der Waals surface area contributed by atoms with Crippen LogP contribution in [0.25, 0.3) is 0 Å². The van der Waals surface area contributed by atoms with Gasteiger partial charge in [-0.05, 0) is 31.5 Å². The molecule has 0 atom stereocenters. The minimum absolute atomic E-state index is 0.0196. The predicted octanol–water partition coefficient (Wildman–Crippen LogP) is 2.07. The molecule has 1 N–H and O–H groups in total. The summed E-state index contributed by atoms with van der Waals surface area (Å²) >= 11 is 5.83. The predicted molar refractivity (Wildman–Crippen MR) is 69.2 cm³/mol. The van der Waals surface area contributed by atoms with Gasteiger partial charge in [0, 0.05) is 18.6 Å². The van der Waals surface area contributed by atoms with Gasteiger partial charge in [0.1, 0.15) is 0 Å². The van der Waals surface area contributed by atoms with E-state index in [-0.39, 0.29) is 12.5 Å². The zero-order valence-electron chi connectivity index (χ0n) is 10.4. The molecule has 1 aromatic rings. The van der Waals surface area contributed by atoms with Crippen molar-refractivity contribution in [3.8, 4) is 0 Å². The first-order chi connectivity index (χ1) is 7.89. The highest BCUT2D eigenvalue weighted by Gasteiger charge is 2.31. The van der Waals surface area contributed by atoms with E-state index in [1.54, 1.807) is 19.2 Å². The average Bonchev–Trinajstić information content (AvgIpc) is 2.29. The lowest BCUT2D eigenvalue weighted by Crippen LogP contribution is -2.42. The Hall–Kier alpha value is -1.06. The quantitative estimate of drug-likeness (QED) is 0.895. The van der Waals surface area contributed by atoms with E-state index in [9.17, 15) is 4.79 Å². The number of amides is 1. The van der Waals surface area contributed by atoms with Crippen LogP contribution in [0.4, 0.5) is 0 Å². The number of aliphatic hydroxyl groups is 1. The number of carbonyl (C=O) groups excluding carboxylic acids is 1. The largest absolute Gasteiger partial charge is 0.395 e. The van der Waals surface area contributed by atoms with E-state index in [4.69, 9.17) is 16.7 Å². The van der Waals surface area contributed by atoms with Gasteiger partial charge in [0.2, 0.25) is 5.91 Å². The Morgan fingerprint density at radius 3 is 2.35 bits per heavy atom. The molecule has 0 heterocycles. The molecule has 94 valence electrons. The Kier molecular flexibility index (Phi) is 4.54. The van der Waals surface area contributed by atoms with E-state index in [1.165, 1.54) is 4.90 Å². The van der Waals surface area contributed by atoms with Crippen molar-refractivity contribution in [1.29, 1.82) is 0 Å². The molecule has 4 heteroatoms. The molecule has 0 unspecified atom stereocenters. The van der Waals surface area contributed by atoms with Crippen LogP contribution < -0.4 is 0 Å². The van der Waals surface area contributed by atoms with Gasteiger partial charge in [-0.3, -0.25) is 4.79 Å². The van der Waals surface area contributed by atoms with Gasteiger partial charge in [0.25, 0.3) is 0 Å². The zero-order chi connectivity index (χ0) is 13.1. The number of hydrogen-bond donors (Lipinski definition) is 1. The second-order valence-corrected chi connectivity index (χ2v) is 5.02. The van der Waals surface area contributed by atoms with Crippen LogP contribution in [0.5, 0.6) is 0 Å². The molecule has 0 aliphatic carbocycles. The van der Waals surface area contributed by atoms with Crippen molar-refractivity contribution in [1.82, 2.24) is 4.90 Å². The second-order valence-electron chi connectivity index (χ2n) is 4.58. The maximum atomic E-state index is 12.2. The summed E-state index contributed by atoms with van der Waals surface area (Å²) in [4.78, 5) is 13.8. The number of aliphatic hydroxyl groups excluding tert-OH is 1. The van der Waals surface area contributed by atoms with E-state index in [2.05, 4.69) is 0 Å². The SMILES string of the molecule is CN(CCO)C(=O)C(C)(C)c1ccc(Cl)cc1. The Morgan fingerprint density at radius 1 is 1.35 bits per heavy atom. The van der Waals surface area contributed by atoms with Crippen LogP contribution in [0, 0.1) is 0 Å². The van der Waals surface area contributed by atoms with Crippen LogP contribution in [0.1, 0.15) is 19.4 Å². The molecule has 0 radical (unpaired) electrons. The van der Waals surface area contributed by atoms with Crippen LogP contribution >= 0.6 is 11.6 Å². The molecule has 0 bridgehead atoms. The van der Waals surface area contributed by atoms with Gasteiger partial charge >= 0.3 is 0 Å². The highest BCUT2D eigenvalue weighted by Crippen LogP contribution is 2.26. The van der Waals surface area contributed by atoms with Gasteiger partial charge in [-0.1, -0.05) is 23.7 Å². The number of halogens is 1. The molecule has 0 saturated heterocycles. The van der Waals surface area contributed by atoms with Gasteiger partial charge < -0.3 is 10.0 Å². The molecule has 1 rings (SSSR count). The lowest BCUT2D eigenvalue weighted by atomic mass is 9.83. The second kappa shape index (κ2) is 5.52. The number of rotatable bonds is 4. The topological polar surface area (TPSA) is 40.5 Å². The summed E-state index contributed by atoms with van der Waals surface area (Å²) in [5.41, 5.74) is 0.297. The van der Waals surface area contributed by atoms with Crippen LogP contribution in [-0.4, -0.2) is 36.1 Å². The highest BCUT2D eigenvalue weighted by atomic mass is 35.5. The molecule has 1 aromatic carbocycles. The van der Waals surface area contributed by atoms with Gasteiger partial charge in [-0.25, -0.2) is 0 Å². The Balaban J connectivity index is 2.93. The first kappa shape index (κ1) is 14.0. The fourth-order valence-electron chi connectivity index (χ4n) is 1.72. The Labute approximate surface area is 107 Å². The molecule has 0 saturated carbocycles. The monoisotopic (exact) mass is 255 g/mol. The number of carbonyl (C=O) groups is 1. The molecule has 17 heavy (non-hydrogen) atoms. The minimum Gasteiger partial charge on any atom is -0.395 e. The van der Waals surface area contributed by atoms with Gasteiger partial charge in [0.15, 0.2) is 0 Å². The van der Waals surface area contributed by atoms with Crippen molar-refractivity contribution in [3.05, 3.63) is 34.9 Å². The summed E-state index contributed by atoms with van der Waals surface area (Å²) in [6, 6.07) is 7.26. The highest BCUT2D eigenvalue weighted by molar-refractivity contribution is 6.30. The lowest BCUT2D eigenvalue weighted by molar-refractivity contribution is -0.135. The first-order valence-corrected chi connectivity index (χ1v) is 5.90. The van der Waals surface area contributed by atoms with Crippen LogP contribution in [0.3, 0.4) is 0 Å². The molecule has 0 spiro atoms. The van der Waals surface area contributed by atoms with Crippen LogP contribution in [0.15, 0.2) is 24.3 Å². The van der Waals surface area contributed by atoms with Crippen molar-refractivity contribution in [3.63, 3.8) is 0 Å². The molecule has 0 aliphatic rings. The molecule has 0 aliphatic heterocycles. The van der Waals surface area contributed by atoms with Gasteiger partial charge in [-0.15, -0.1) is 0 Å². The van der Waals surface area contributed by atoms with E-state index in [0.29, 0.717) is 11.6 Å². The van der Waals surface area contributed by atoms with Crippen molar-refractivity contribution >= 4 is 17.5 Å². The summed E-state index contributed by atoms with van der Waals surface area (Å²) < 4.78 is 0. The fourth-order valence-corrected chi connectivity index (χ4v) is 1.84. The third-order valence-electron chi connectivity index (χ3n) is 2.88. The third kappa shape index (κ3) is 3.20. The smallest absolute Gasteiger partial charge is 0.232 e. The minimum atomic E-state index is -0.617. The van der Waals surface area contributed by atoms with Crippen LogP contribution in [-0.2, 0) is 10.2 Å². The third-order valence-corrected chi connectivity index (χ3v) is 3.13. The number of hydrogen-bond acceptors (Lipinski definition) is 2.